The van der Waals surface area contributed by atoms with Crippen LogP contribution >= 0.6 is 11.8 Å². The van der Waals surface area contributed by atoms with Crippen molar-refractivity contribution in [3.8, 4) is 0 Å². The summed E-state index contributed by atoms with van der Waals surface area (Å²) < 4.78 is 0. The highest BCUT2D eigenvalue weighted by Gasteiger charge is 2.06. The van der Waals surface area contributed by atoms with Crippen LogP contribution in [0.5, 0.6) is 0 Å². The van der Waals surface area contributed by atoms with E-state index in [-0.39, 0.29) is 0 Å². The van der Waals surface area contributed by atoms with E-state index in [4.69, 9.17) is 0 Å². The molecule has 0 aromatic carbocycles. The van der Waals surface area contributed by atoms with Crippen molar-refractivity contribution in [2.75, 3.05) is 0 Å². The highest BCUT2D eigenvalue weighted by atomic mass is 32.2. The molecule has 0 bridgehead atoms. The van der Waals surface area contributed by atoms with E-state index in [1.165, 1.54) is 0 Å². The van der Waals surface area contributed by atoms with Crippen LogP contribution in [0.3, 0.4) is 0 Å². The molecule has 0 saturated carbocycles. The summed E-state index contributed by atoms with van der Waals surface area (Å²) in [4.78, 5) is 6.14. The Hall–Kier alpha value is -0.960. The molecular formula is C7H6N2S. The third-order valence-corrected chi connectivity index (χ3v) is 1.90. The smallest absolute Gasteiger partial charge is 0.143 e. The van der Waals surface area contributed by atoms with Crippen molar-refractivity contribution >= 4 is 18.0 Å². The fraction of sp³-hybridized carbons (Fsp3) is 0. The molecule has 0 saturated heterocycles. The maximum atomic E-state index is 4.15. The molecule has 0 aliphatic carbocycles. The van der Waals surface area contributed by atoms with Crippen molar-refractivity contribution < 1.29 is 0 Å². The van der Waals surface area contributed by atoms with E-state index in [2.05, 4.69) is 4.99 Å². The lowest BCUT2D eigenvalue weighted by molar-refractivity contribution is 0.618. The van der Waals surface area contributed by atoms with Gasteiger partial charge in [0.1, 0.15) is 5.82 Å². The Bertz CT molecular complexity index is 250. The highest BCUT2D eigenvalue weighted by Crippen LogP contribution is 2.21. The van der Waals surface area contributed by atoms with Crippen molar-refractivity contribution in [3.63, 3.8) is 0 Å². The van der Waals surface area contributed by atoms with Crippen LogP contribution in [0.1, 0.15) is 0 Å². The summed E-state index contributed by atoms with van der Waals surface area (Å²) in [6.45, 7) is 0. The van der Waals surface area contributed by atoms with E-state index in [1.807, 2.05) is 34.2 Å². The Morgan fingerprint density at radius 2 is 2.40 bits per heavy atom. The second-order valence-electron chi connectivity index (χ2n) is 1.92. The van der Waals surface area contributed by atoms with Crippen LogP contribution in [-0.4, -0.2) is 11.1 Å². The predicted molar refractivity (Wildman–Crippen MR) is 44.3 cm³/mol. The van der Waals surface area contributed by atoms with Gasteiger partial charge in [-0.3, -0.25) is 0 Å². The second kappa shape index (κ2) is 2.34. The normalized spacial score (nSPS) is 20.8. The van der Waals surface area contributed by atoms with Crippen molar-refractivity contribution in [2.45, 2.75) is 0 Å². The summed E-state index contributed by atoms with van der Waals surface area (Å²) in [6.07, 6.45) is 7.68. The summed E-state index contributed by atoms with van der Waals surface area (Å²) >= 11 is 1.65. The Balaban J connectivity index is 2.33. The van der Waals surface area contributed by atoms with Gasteiger partial charge in [-0.25, -0.2) is 4.99 Å². The molecule has 2 aliphatic heterocycles. The number of allylic oxidation sites excluding steroid dienone is 1. The van der Waals surface area contributed by atoms with Crippen LogP contribution in [0.25, 0.3) is 0 Å². The number of aliphatic imine (C=N–C) groups is 1. The molecule has 50 valence electrons. The highest BCUT2D eigenvalue weighted by molar-refractivity contribution is 8.04. The minimum Gasteiger partial charge on any atom is -0.308 e. The number of hydrogen-bond acceptors (Lipinski definition) is 3. The molecule has 0 unspecified atom stereocenters. The number of fused-ring (bicyclic) bond motifs is 1. The SMILES string of the molecule is C1=CN2C=CSC=C2N=C1. The number of rotatable bonds is 0. The van der Waals surface area contributed by atoms with Gasteiger partial charge in [0.25, 0.3) is 0 Å². The maximum absolute atomic E-state index is 4.15. The van der Waals surface area contributed by atoms with Gasteiger partial charge in [-0.15, -0.1) is 11.8 Å². The van der Waals surface area contributed by atoms with E-state index in [9.17, 15) is 0 Å². The summed E-state index contributed by atoms with van der Waals surface area (Å²) in [5.41, 5.74) is 0. The van der Waals surface area contributed by atoms with Gasteiger partial charge in [0.05, 0.1) is 0 Å². The van der Waals surface area contributed by atoms with Gasteiger partial charge in [0.15, 0.2) is 0 Å². The fourth-order valence-corrected chi connectivity index (χ4v) is 1.40. The molecule has 0 amide bonds. The van der Waals surface area contributed by atoms with Crippen LogP contribution in [0.4, 0.5) is 0 Å². The first kappa shape index (κ1) is 5.80. The van der Waals surface area contributed by atoms with E-state index >= 15 is 0 Å². The average Bonchev–Trinajstić information content (AvgIpc) is 2.05. The first-order valence-electron chi connectivity index (χ1n) is 2.98. The maximum Gasteiger partial charge on any atom is 0.143 e. The molecule has 0 fully saturated rings. The Morgan fingerprint density at radius 3 is 3.30 bits per heavy atom. The zero-order valence-corrected chi connectivity index (χ0v) is 6.08. The number of nitrogens with zero attached hydrogens (tertiary/aromatic N) is 2. The lowest BCUT2D eigenvalue weighted by Crippen LogP contribution is -2.11. The molecule has 0 aromatic heterocycles. The van der Waals surface area contributed by atoms with Gasteiger partial charge >= 0.3 is 0 Å². The first-order chi connectivity index (χ1) is 4.97. The minimum atomic E-state index is 0.995. The molecular weight excluding hydrogens is 144 g/mol. The molecule has 2 nitrogen and oxygen atoms in total. The lowest BCUT2D eigenvalue weighted by atomic mass is 10.5. The van der Waals surface area contributed by atoms with E-state index in [1.54, 1.807) is 18.0 Å². The third-order valence-electron chi connectivity index (χ3n) is 1.28. The number of thioether (sulfide) groups is 1. The van der Waals surface area contributed by atoms with Crippen molar-refractivity contribution in [3.05, 3.63) is 35.1 Å². The van der Waals surface area contributed by atoms with Crippen molar-refractivity contribution in [2.24, 2.45) is 4.99 Å². The monoisotopic (exact) mass is 150 g/mol. The first-order valence-corrected chi connectivity index (χ1v) is 3.92. The third kappa shape index (κ3) is 0.885. The van der Waals surface area contributed by atoms with Gasteiger partial charge < -0.3 is 4.90 Å². The predicted octanol–water partition coefficient (Wildman–Crippen LogP) is 1.90. The van der Waals surface area contributed by atoms with Crippen LogP contribution in [0, 0.1) is 0 Å². The van der Waals surface area contributed by atoms with Gasteiger partial charge in [0.2, 0.25) is 0 Å². The zero-order valence-electron chi connectivity index (χ0n) is 5.27. The molecule has 2 rings (SSSR count). The molecule has 0 atom stereocenters. The largest absolute Gasteiger partial charge is 0.308 e. The summed E-state index contributed by atoms with van der Waals surface area (Å²) in [6, 6.07) is 0. The van der Waals surface area contributed by atoms with Crippen LogP contribution in [-0.2, 0) is 0 Å². The van der Waals surface area contributed by atoms with Crippen LogP contribution in [0.2, 0.25) is 0 Å². The van der Waals surface area contributed by atoms with E-state index in [0.29, 0.717) is 0 Å². The van der Waals surface area contributed by atoms with Gasteiger partial charge in [-0.2, -0.15) is 0 Å². The summed E-state index contributed by atoms with van der Waals surface area (Å²) in [5, 5.41) is 4.04. The molecule has 0 radical (unpaired) electrons. The lowest BCUT2D eigenvalue weighted by Gasteiger charge is -2.19. The second-order valence-corrected chi connectivity index (χ2v) is 2.70. The van der Waals surface area contributed by atoms with Crippen LogP contribution in [0.15, 0.2) is 40.1 Å². The minimum absolute atomic E-state index is 0.995. The van der Waals surface area contributed by atoms with Crippen molar-refractivity contribution in [1.82, 2.24) is 4.90 Å². The van der Waals surface area contributed by atoms with Gasteiger partial charge in [0, 0.05) is 24.0 Å². The standard InChI is InChI=1S/C7H6N2S/c1-2-8-7-6-10-5-4-9(7)3-1/h1-6H. The Morgan fingerprint density at radius 1 is 1.40 bits per heavy atom. The quantitative estimate of drug-likeness (QED) is 0.524. The topological polar surface area (TPSA) is 15.6 Å². The average molecular weight is 150 g/mol. The molecule has 2 aliphatic rings. The molecule has 2 heterocycles. The summed E-state index contributed by atoms with van der Waals surface area (Å²) in [5.74, 6) is 0.995. The van der Waals surface area contributed by atoms with Gasteiger partial charge in [-0.05, 0) is 11.5 Å². The molecule has 0 spiro atoms. The van der Waals surface area contributed by atoms with E-state index in [0.717, 1.165) is 5.82 Å². The molecule has 10 heavy (non-hydrogen) atoms. The van der Waals surface area contributed by atoms with Crippen molar-refractivity contribution in [1.29, 1.82) is 0 Å². The van der Waals surface area contributed by atoms with Gasteiger partial charge in [-0.1, -0.05) is 0 Å². The Labute approximate surface area is 63.6 Å². The molecule has 0 N–H and O–H groups in total. The van der Waals surface area contributed by atoms with Crippen LogP contribution < -0.4 is 0 Å². The number of hydrogen-bond donors (Lipinski definition) is 0. The summed E-state index contributed by atoms with van der Waals surface area (Å²) in [7, 11) is 0. The molecule has 0 aromatic rings. The van der Waals surface area contributed by atoms with E-state index < -0.39 is 0 Å². The fourth-order valence-electron chi connectivity index (χ4n) is 0.812. The Kier molecular flexibility index (Phi) is 1.36. The molecule has 3 heteroatoms. The zero-order chi connectivity index (χ0) is 6.81.